The smallest absolute Gasteiger partial charge is 0.262 e. The number of ether oxygens (including phenoxy) is 1. The van der Waals surface area contributed by atoms with Crippen LogP contribution < -0.4 is 15.4 Å². The molecule has 5 nitrogen and oxygen atoms in total. The van der Waals surface area contributed by atoms with Gasteiger partial charge in [-0.15, -0.1) is 0 Å². The van der Waals surface area contributed by atoms with E-state index in [0.717, 1.165) is 10.0 Å². The van der Waals surface area contributed by atoms with Gasteiger partial charge in [0.2, 0.25) is 5.91 Å². The Kier molecular flexibility index (Phi) is 6.23. The van der Waals surface area contributed by atoms with E-state index < -0.39 is 0 Å². The summed E-state index contributed by atoms with van der Waals surface area (Å²) < 4.78 is 6.36. The SMILES string of the molecule is CC(=O)Nc1cccc(NC(=O)COc2c(C)cc(Br)cc2Cl)c1. The molecule has 2 aromatic carbocycles. The highest BCUT2D eigenvalue weighted by atomic mass is 79.9. The number of carbonyl (C=O) groups excluding carboxylic acids is 2. The van der Waals surface area contributed by atoms with Gasteiger partial charge in [0, 0.05) is 22.8 Å². The lowest BCUT2D eigenvalue weighted by Crippen LogP contribution is -2.20. The van der Waals surface area contributed by atoms with Gasteiger partial charge in [0.1, 0.15) is 5.75 Å². The average molecular weight is 412 g/mol. The van der Waals surface area contributed by atoms with E-state index in [0.29, 0.717) is 22.1 Å². The van der Waals surface area contributed by atoms with Crippen LogP contribution in [0.5, 0.6) is 5.75 Å². The molecule has 7 heteroatoms. The van der Waals surface area contributed by atoms with Gasteiger partial charge in [-0.3, -0.25) is 9.59 Å². The molecule has 0 aliphatic heterocycles. The van der Waals surface area contributed by atoms with E-state index in [1.54, 1.807) is 30.3 Å². The predicted molar refractivity (Wildman–Crippen MR) is 98.8 cm³/mol. The minimum absolute atomic E-state index is 0.174. The van der Waals surface area contributed by atoms with Crippen molar-refractivity contribution in [1.29, 1.82) is 0 Å². The van der Waals surface area contributed by atoms with Gasteiger partial charge in [-0.1, -0.05) is 33.6 Å². The third-order valence-electron chi connectivity index (χ3n) is 3.01. The molecule has 0 saturated heterocycles. The number of hydrogen-bond acceptors (Lipinski definition) is 3. The van der Waals surface area contributed by atoms with Crippen LogP contribution in [0.3, 0.4) is 0 Å². The highest BCUT2D eigenvalue weighted by Gasteiger charge is 2.10. The average Bonchev–Trinajstić information content (AvgIpc) is 2.45. The molecule has 126 valence electrons. The quantitative estimate of drug-likeness (QED) is 0.767. The highest BCUT2D eigenvalue weighted by molar-refractivity contribution is 9.10. The van der Waals surface area contributed by atoms with Crippen LogP contribution in [-0.4, -0.2) is 18.4 Å². The molecule has 0 aliphatic rings. The summed E-state index contributed by atoms with van der Waals surface area (Å²) in [6.07, 6.45) is 0. The maximum Gasteiger partial charge on any atom is 0.262 e. The number of aryl methyl sites for hydroxylation is 1. The molecule has 0 radical (unpaired) electrons. The van der Waals surface area contributed by atoms with Crippen LogP contribution in [0.4, 0.5) is 11.4 Å². The zero-order valence-electron chi connectivity index (χ0n) is 13.2. The Bertz CT molecular complexity index is 757. The molecule has 0 atom stereocenters. The van der Waals surface area contributed by atoms with Gasteiger partial charge >= 0.3 is 0 Å². The number of hydrogen-bond donors (Lipinski definition) is 2. The van der Waals surface area contributed by atoms with Crippen LogP contribution in [0.1, 0.15) is 12.5 Å². The predicted octanol–water partition coefficient (Wildman–Crippen LogP) is 4.39. The lowest BCUT2D eigenvalue weighted by Gasteiger charge is -2.12. The first-order chi connectivity index (χ1) is 11.3. The van der Waals surface area contributed by atoms with Crippen molar-refractivity contribution >= 4 is 50.7 Å². The number of nitrogens with one attached hydrogen (secondary N) is 2. The number of amides is 2. The summed E-state index contributed by atoms with van der Waals surface area (Å²) >= 11 is 9.47. The van der Waals surface area contributed by atoms with Crippen molar-refractivity contribution in [2.45, 2.75) is 13.8 Å². The summed E-state index contributed by atoms with van der Waals surface area (Å²) in [4.78, 5) is 23.1. The standard InChI is InChI=1S/C17H16BrClN2O3/c1-10-6-12(18)7-15(19)17(10)24-9-16(23)21-14-5-3-4-13(8-14)20-11(2)22/h3-8H,9H2,1-2H3,(H,20,22)(H,21,23). The van der Waals surface area contributed by atoms with Crippen LogP contribution in [-0.2, 0) is 9.59 Å². The fourth-order valence-electron chi connectivity index (χ4n) is 2.08. The van der Waals surface area contributed by atoms with Gasteiger partial charge < -0.3 is 15.4 Å². The molecule has 24 heavy (non-hydrogen) atoms. The van der Waals surface area contributed by atoms with Gasteiger partial charge in [-0.25, -0.2) is 0 Å². The van der Waals surface area contributed by atoms with Crippen molar-refractivity contribution < 1.29 is 14.3 Å². The van der Waals surface area contributed by atoms with Gasteiger partial charge in [0.15, 0.2) is 6.61 Å². The Hall–Kier alpha value is -2.05. The van der Waals surface area contributed by atoms with Crippen molar-refractivity contribution in [3.05, 3.63) is 51.5 Å². The molecule has 0 aliphatic carbocycles. The van der Waals surface area contributed by atoms with Crippen molar-refractivity contribution in [3.63, 3.8) is 0 Å². The third kappa shape index (κ3) is 5.25. The minimum atomic E-state index is -0.326. The first-order valence-corrected chi connectivity index (χ1v) is 8.28. The van der Waals surface area contributed by atoms with Crippen LogP contribution in [0, 0.1) is 6.92 Å². The Morgan fingerprint density at radius 2 is 1.83 bits per heavy atom. The summed E-state index contributed by atoms with van der Waals surface area (Å²) in [5.74, 6) is -0.0301. The fourth-order valence-corrected chi connectivity index (χ4v) is 3.11. The Morgan fingerprint density at radius 3 is 2.46 bits per heavy atom. The van der Waals surface area contributed by atoms with Crippen LogP contribution in [0.25, 0.3) is 0 Å². The number of anilines is 2. The summed E-state index contributed by atoms with van der Waals surface area (Å²) in [5, 5.41) is 5.79. The molecule has 2 N–H and O–H groups in total. The Balaban J connectivity index is 1.98. The van der Waals surface area contributed by atoms with Gasteiger partial charge in [-0.2, -0.15) is 0 Å². The molecule has 0 heterocycles. The summed E-state index contributed by atoms with van der Waals surface area (Å²) in [5.41, 5.74) is 2.00. The van der Waals surface area contributed by atoms with Gasteiger partial charge in [0.25, 0.3) is 5.91 Å². The number of halogens is 2. The lowest BCUT2D eigenvalue weighted by atomic mass is 10.2. The number of benzene rings is 2. The fraction of sp³-hybridized carbons (Fsp3) is 0.176. The zero-order valence-corrected chi connectivity index (χ0v) is 15.5. The molecule has 0 fully saturated rings. The summed E-state index contributed by atoms with van der Waals surface area (Å²) in [7, 11) is 0. The van der Waals surface area contributed by atoms with E-state index >= 15 is 0 Å². The third-order valence-corrected chi connectivity index (χ3v) is 3.75. The van der Waals surface area contributed by atoms with E-state index in [1.807, 2.05) is 13.0 Å². The van der Waals surface area contributed by atoms with Gasteiger partial charge in [0.05, 0.1) is 5.02 Å². The van der Waals surface area contributed by atoms with E-state index in [-0.39, 0.29) is 18.4 Å². The van der Waals surface area contributed by atoms with Crippen molar-refractivity contribution in [2.24, 2.45) is 0 Å². The van der Waals surface area contributed by atoms with E-state index in [2.05, 4.69) is 26.6 Å². The Morgan fingerprint density at radius 1 is 1.17 bits per heavy atom. The molecule has 0 bridgehead atoms. The maximum atomic E-state index is 12.0. The molecule has 2 aromatic rings. The first-order valence-electron chi connectivity index (χ1n) is 7.11. The van der Waals surface area contributed by atoms with Crippen LogP contribution in [0.2, 0.25) is 5.02 Å². The van der Waals surface area contributed by atoms with Crippen molar-refractivity contribution in [1.82, 2.24) is 0 Å². The van der Waals surface area contributed by atoms with Crippen LogP contribution >= 0.6 is 27.5 Å². The molecule has 0 aromatic heterocycles. The minimum Gasteiger partial charge on any atom is -0.482 e. The maximum absolute atomic E-state index is 12.0. The summed E-state index contributed by atoms with van der Waals surface area (Å²) in [6, 6.07) is 10.4. The molecule has 2 rings (SSSR count). The lowest BCUT2D eigenvalue weighted by molar-refractivity contribution is -0.118. The molecule has 0 spiro atoms. The zero-order chi connectivity index (χ0) is 17.7. The number of carbonyl (C=O) groups is 2. The van der Waals surface area contributed by atoms with E-state index in [4.69, 9.17) is 16.3 Å². The van der Waals surface area contributed by atoms with Crippen molar-refractivity contribution in [3.8, 4) is 5.75 Å². The number of rotatable bonds is 5. The monoisotopic (exact) mass is 410 g/mol. The van der Waals surface area contributed by atoms with Crippen LogP contribution in [0.15, 0.2) is 40.9 Å². The van der Waals surface area contributed by atoms with Crippen molar-refractivity contribution in [2.75, 3.05) is 17.2 Å². The van der Waals surface area contributed by atoms with E-state index in [1.165, 1.54) is 6.92 Å². The second kappa shape index (κ2) is 8.17. The normalized spacial score (nSPS) is 10.2. The second-order valence-corrected chi connectivity index (χ2v) is 6.46. The van der Waals surface area contributed by atoms with E-state index in [9.17, 15) is 9.59 Å². The largest absolute Gasteiger partial charge is 0.482 e. The Labute approximate surface area is 153 Å². The summed E-state index contributed by atoms with van der Waals surface area (Å²) in [6.45, 7) is 3.09. The molecule has 2 amide bonds. The molecule has 0 unspecified atom stereocenters. The van der Waals surface area contributed by atoms with Gasteiger partial charge in [-0.05, 0) is 42.8 Å². The molecular formula is C17H16BrClN2O3. The first kappa shape index (κ1) is 18.3. The topological polar surface area (TPSA) is 67.4 Å². The second-order valence-electron chi connectivity index (χ2n) is 5.13. The molecular weight excluding hydrogens is 396 g/mol. The molecule has 0 saturated carbocycles. The highest BCUT2D eigenvalue weighted by Crippen LogP contribution is 2.31.